The summed E-state index contributed by atoms with van der Waals surface area (Å²) in [7, 11) is -12.0. The summed E-state index contributed by atoms with van der Waals surface area (Å²) in [4.78, 5) is 0. The maximum atomic E-state index is 8.28. The van der Waals surface area contributed by atoms with E-state index in [1.807, 2.05) is 0 Å². The largest absolute Gasteiger partial charge is 0.636 e. The van der Waals surface area contributed by atoms with Crippen molar-refractivity contribution in [3.63, 3.8) is 0 Å². The first-order chi connectivity index (χ1) is 27.6. The van der Waals surface area contributed by atoms with Crippen LogP contribution in [0.2, 0.25) is 74.5 Å². The number of hydrogen-bond acceptors (Lipinski definition) is 4. The van der Waals surface area contributed by atoms with Crippen molar-refractivity contribution in [1.29, 1.82) is 0 Å². The van der Waals surface area contributed by atoms with Gasteiger partial charge in [0.2, 0.25) is 9.28 Å². The number of allylic oxidation sites excluding steroid dienone is 8. The average molecular weight is 886 g/mol. The normalized spacial score (nSPS) is 50.8. The molecule has 12 rings (SSSR count). The second kappa shape index (κ2) is 13.6. The highest BCUT2D eigenvalue weighted by molar-refractivity contribution is 7.23. The third-order valence-corrected chi connectivity index (χ3v) is 46.0. The molecule has 0 aromatic rings. The summed E-state index contributed by atoms with van der Waals surface area (Å²) in [6, 6.07) is 0. The molecule has 0 aliphatic heterocycles. The molecule has 20 atom stereocenters. The van der Waals surface area contributed by atoms with Gasteiger partial charge in [-0.05, 0) is 233 Å². The Morgan fingerprint density at radius 1 is 0.379 bits per heavy atom. The summed E-state index contributed by atoms with van der Waals surface area (Å²) < 4.78 is 32.8. The minimum atomic E-state index is -3.63. The lowest BCUT2D eigenvalue weighted by molar-refractivity contribution is 0.137. The molecule has 316 valence electrons. The van der Waals surface area contributed by atoms with Crippen molar-refractivity contribution < 1.29 is 16.5 Å². The molecule has 8 bridgehead atoms. The van der Waals surface area contributed by atoms with Crippen molar-refractivity contribution in [3.8, 4) is 0 Å². The summed E-state index contributed by atoms with van der Waals surface area (Å²) in [6.45, 7) is 21.1. The van der Waals surface area contributed by atoms with Gasteiger partial charge in [-0.15, -0.1) is 0 Å². The zero-order valence-corrected chi connectivity index (χ0v) is 43.3. The van der Waals surface area contributed by atoms with Crippen molar-refractivity contribution in [3.05, 3.63) is 48.6 Å². The SMILES string of the molecule is C[Si](C)(O[Si](O[Si][Si](C)(C)C1CC2CC1C1C=CCC21)(O[Si](C)(C)C1CC2CC1C1CC=CC21)O[Si](C)(C)C1CC2CC1C1CC=CC21)C1CC2CC1C1C=CCC21. The van der Waals surface area contributed by atoms with Crippen molar-refractivity contribution in [2.45, 2.75) is 152 Å². The topological polar surface area (TPSA) is 36.9 Å². The second-order valence-corrected chi connectivity index (χ2v) is 50.1. The van der Waals surface area contributed by atoms with E-state index in [4.69, 9.17) is 16.5 Å². The standard InChI is InChI=1S/C48H76O4Si6/c1-54(2,45-25-29-21-41(45)37-17-9-13-33(29)37)50-58(51-55(3,4)46-26-30-22-42(46)38-18-10-14-34(30)38,52-56(5,6)47-27-31-23-43(47)39-19-11-15-35(31)39)49-53-57(7,8)48-28-32-24-44(48)40-20-12-16-36(32)40/h9-14,19-20,29-48H,15-18,21-28H2,1-8H3. The smallest absolute Gasteiger partial charge is 0.398 e. The molecule has 8 fully saturated rings. The Labute approximate surface area is 360 Å². The molecule has 12 aliphatic rings. The molecular weight excluding hydrogens is 809 g/mol. The minimum absolute atomic E-state index is 0.496. The molecule has 58 heavy (non-hydrogen) atoms. The number of hydrogen-bond donors (Lipinski definition) is 0. The van der Waals surface area contributed by atoms with Crippen LogP contribution in [-0.2, 0) is 16.5 Å². The fourth-order valence-corrected chi connectivity index (χ4v) is 47.6. The van der Waals surface area contributed by atoms with Crippen LogP contribution in [0.5, 0.6) is 0 Å². The van der Waals surface area contributed by atoms with E-state index in [1.165, 1.54) is 77.0 Å². The predicted octanol–water partition coefficient (Wildman–Crippen LogP) is 12.3. The van der Waals surface area contributed by atoms with Crippen LogP contribution in [0.1, 0.15) is 77.0 Å². The molecule has 2 radical (unpaired) electrons. The van der Waals surface area contributed by atoms with Crippen LogP contribution in [0.4, 0.5) is 0 Å². The second-order valence-electron chi connectivity index (χ2n) is 25.2. The van der Waals surface area contributed by atoms with Crippen LogP contribution in [0.3, 0.4) is 0 Å². The van der Waals surface area contributed by atoms with Gasteiger partial charge in [0.05, 0.1) is 7.59 Å². The van der Waals surface area contributed by atoms with Gasteiger partial charge in [0.25, 0.3) is 0 Å². The van der Waals surface area contributed by atoms with Gasteiger partial charge in [-0.2, -0.15) is 0 Å². The van der Waals surface area contributed by atoms with Crippen molar-refractivity contribution in [2.75, 3.05) is 0 Å². The zero-order valence-electron chi connectivity index (χ0n) is 37.3. The Bertz CT molecular complexity index is 1730. The van der Waals surface area contributed by atoms with E-state index in [0.29, 0.717) is 25.9 Å². The summed E-state index contributed by atoms with van der Waals surface area (Å²) in [6.07, 6.45) is 37.1. The quantitative estimate of drug-likeness (QED) is 0.136. The van der Waals surface area contributed by atoms with Crippen LogP contribution in [-0.4, -0.2) is 50.9 Å². The highest BCUT2D eigenvalue weighted by atomic mass is 29.2. The summed E-state index contributed by atoms with van der Waals surface area (Å²) >= 11 is 0. The van der Waals surface area contributed by atoms with Gasteiger partial charge in [0.1, 0.15) is 0 Å². The van der Waals surface area contributed by atoms with Gasteiger partial charge in [-0.1, -0.05) is 61.7 Å². The Morgan fingerprint density at radius 2 is 0.741 bits per heavy atom. The van der Waals surface area contributed by atoms with Crippen LogP contribution in [0, 0.1) is 94.7 Å². The lowest BCUT2D eigenvalue weighted by atomic mass is 9.81. The predicted molar refractivity (Wildman–Crippen MR) is 249 cm³/mol. The lowest BCUT2D eigenvalue weighted by Gasteiger charge is -2.51. The van der Waals surface area contributed by atoms with Crippen LogP contribution in [0.15, 0.2) is 48.6 Å². The van der Waals surface area contributed by atoms with E-state index in [1.54, 1.807) is 0 Å². The van der Waals surface area contributed by atoms with Gasteiger partial charge >= 0.3 is 9.05 Å². The van der Waals surface area contributed by atoms with Crippen LogP contribution in [0.25, 0.3) is 0 Å². The average Bonchev–Trinajstić information content (AvgIpc) is 4.00. The fraction of sp³-hybridized carbons (Fsp3) is 0.833. The molecule has 10 heteroatoms. The Morgan fingerprint density at radius 3 is 1.22 bits per heavy atom. The zero-order chi connectivity index (χ0) is 39.7. The highest BCUT2D eigenvalue weighted by Crippen LogP contribution is 2.68. The highest BCUT2D eigenvalue weighted by Gasteiger charge is 2.68. The van der Waals surface area contributed by atoms with E-state index in [9.17, 15) is 0 Å². The van der Waals surface area contributed by atoms with Crippen LogP contribution < -0.4 is 0 Å². The molecule has 20 unspecified atom stereocenters. The van der Waals surface area contributed by atoms with E-state index >= 15 is 0 Å². The van der Waals surface area contributed by atoms with Gasteiger partial charge in [-0.25, -0.2) is 0 Å². The Balaban J connectivity index is 0.902. The van der Waals surface area contributed by atoms with E-state index < -0.39 is 41.6 Å². The molecule has 12 aliphatic carbocycles. The summed E-state index contributed by atoms with van der Waals surface area (Å²) in [5.74, 6) is 13.6. The maximum Gasteiger partial charge on any atom is 0.636 e. The first kappa shape index (κ1) is 39.7. The minimum Gasteiger partial charge on any atom is -0.398 e. The monoisotopic (exact) mass is 884 g/mol. The summed E-state index contributed by atoms with van der Waals surface area (Å²) in [5, 5.41) is 0. The lowest BCUT2D eigenvalue weighted by Crippen LogP contribution is -2.68. The van der Waals surface area contributed by atoms with Crippen molar-refractivity contribution in [1.82, 2.24) is 0 Å². The summed E-state index contributed by atoms with van der Waals surface area (Å²) in [5.41, 5.74) is 2.88. The molecule has 0 spiro atoms. The number of fused-ring (bicyclic) bond motifs is 20. The van der Waals surface area contributed by atoms with Gasteiger partial charge in [-0.3, -0.25) is 0 Å². The van der Waals surface area contributed by atoms with Crippen molar-refractivity contribution >= 4 is 50.9 Å². The first-order valence-corrected chi connectivity index (χ1v) is 40.4. The van der Waals surface area contributed by atoms with Gasteiger partial charge in [0.15, 0.2) is 25.0 Å². The molecule has 0 amide bonds. The fourth-order valence-electron chi connectivity index (χ4n) is 19.0. The van der Waals surface area contributed by atoms with E-state index in [0.717, 1.165) is 100 Å². The van der Waals surface area contributed by atoms with E-state index in [2.05, 4.69) is 101 Å². The van der Waals surface area contributed by atoms with Crippen molar-refractivity contribution in [2.24, 2.45) is 94.7 Å². The Kier molecular flexibility index (Phi) is 9.28. The molecule has 0 saturated heterocycles. The molecule has 0 aromatic carbocycles. The van der Waals surface area contributed by atoms with Gasteiger partial charge < -0.3 is 16.5 Å². The third-order valence-electron chi connectivity index (χ3n) is 21.2. The molecule has 0 aromatic heterocycles. The van der Waals surface area contributed by atoms with Crippen LogP contribution >= 0.6 is 0 Å². The van der Waals surface area contributed by atoms with E-state index in [-0.39, 0.29) is 0 Å². The third kappa shape index (κ3) is 5.96. The molecule has 4 nitrogen and oxygen atoms in total. The van der Waals surface area contributed by atoms with Gasteiger partial charge in [0, 0.05) is 0 Å². The first-order valence-electron chi connectivity index (χ1n) is 24.8. The maximum absolute atomic E-state index is 8.28. The Hall–Kier alpha value is 0.101. The molecule has 0 heterocycles. The molecule has 8 saturated carbocycles. The molecule has 0 N–H and O–H groups in total. The number of rotatable bonds is 13. The molecular formula is C48H76O4Si6.